The van der Waals surface area contributed by atoms with Gasteiger partial charge in [0.15, 0.2) is 11.5 Å². The first-order valence-corrected chi connectivity index (χ1v) is 12.4. The first-order valence-electron chi connectivity index (χ1n) is 12.0. The molecule has 0 unspecified atom stereocenters. The fourth-order valence-corrected chi connectivity index (χ4v) is 5.37. The van der Waals surface area contributed by atoms with Gasteiger partial charge >= 0.3 is 0 Å². The van der Waals surface area contributed by atoms with Crippen LogP contribution in [0.3, 0.4) is 0 Å². The lowest BCUT2D eigenvalue weighted by molar-refractivity contribution is -0.119. The van der Waals surface area contributed by atoms with Gasteiger partial charge in [-0.15, -0.1) is 0 Å². The summed E-state index contributed by atoms with van der Waals surface area (Å²) in [6.45, 7) is 5.20. The third-order valence-corrected chi connectivity index (χ3v) is 6.97. The zero-order chi connectivity index (χ0) is 25.4. The highest BCUT2D eigenvalue weighted by Gasteiger charge is 2.46. The van der Waals surface area contributed by atoms with Gasteiger partial charge in [-0.05, 0) is 73.4 Å². The van der Waals surface area contributed by atoms with Gasteiger partial charge in [0, 0.05) is 12.1 Å². The molecule has 0 saturated carbocycles. The number of amides is 2. The maximum absolute atomic E-state index is 13.9. The molecule has 5 rings (SSSR count). The Kier molecular flexibility index (Phi) is 6.58. The summed E-state index contributed by atoms with van der Waals surface area (Å²) in [4.78, 5) is 29.2. The van der Waals surface area contributed by atoms with E-state index in [2.05, 4.69) is 5.32 Å². The average Bonchev–Trinajstić information content (AvgIpc) is 2.86. The van der Waals surface area contributed by atoms with Crippen LogP contribution in [0.1, 0.15) is 52.9 Å². The molecule has 0 aliphatic carbocycles. The number of anilines is 1. The van der Waals surface area contributed by atoms with Crippen LogP contribution < -0.4 is 14.8 Å². The molecule has 0 bridgehead atoms. The standard InChI is InChI=1S/C28H26ClFN2O4/c1-3-35-23-13-16-11-12-32-26(20(16)15-24(23)36-4-2)25(18-7-5-6-8-19(18)28(32)34)27(33)31-22-10-9-17(30)14-21(22)29/h5-10,13-15,25-26H,3-4,11-12H2,1-2H3,(H,31,33)/t25-,26+/m0/s1. The van der Waals surface area contributed by atoms with Gasteiger partial charge in [0.05, 0.1) is 35.9 Å². The monoisotopic (exact) mass is 508 g/mol. The summed E-state index contributed by atoms with van der Waals surface area (Å²) in [7, 11) is 0. The van der Waals surface area contributed by atoms with Crippen LogP contribution in [0.25, 0.3) is 0 Å². The van der Waals surface area contributed by atoms with Crippen LogP contribution in [0.5, 0.6) is 11.5 Å². The van der Waals surface area contributed by atoms with E-state index in [4.69, 9.17) is 21.1 Å². The van der Waals surface area contributed by atoms with Gasteiger partial charge in [0.2, 0.25) is 5.91 Å². The minimum atomic E-state index is -0.716. The number of benzene rings is 3. The number of rotatable bonds is 6. The quantitative estimate of drug-likeness (QED) is 0.460. The average molecular weight is 509 g/mol. The van der Waals surface area contributed by atoms with Crippen molar-refractivity contribution in [3.63, 3.8) is 0 Å². The highest BCUT2D eigenvalue weighted by Crippen LogP contribution is 2.48. The van der Waals surface area contributed by atoms with Crippen molar-refractivity contribution in [2.24, 2.45) is 0 Å². The minimum Gasteiger partial charge on any atom is -0.490 e. The van der Waals surface area contributed by atoms with Gasteiger partial charge in [0.1, 0.15) is 5.82 Å². The zero-order valence-electron chi connectivity index (χ0n) is 20.0. The first-order chi connectivity index (χ1) is 17.4. The topological polar surface area (TPSA) is 67.9 Å². The third kappa shape index (κ3) is 4.17. The predicted octanol–water partition coefficient (Wildman–Crippen LogP) is 5.75. The highest BCUT2D eigenvalue weighted by molar-refractivity contribution is 6.33. The van der Waals surface area contributed by atoms with Gasteiger partial charge in [0.25, 0.3) is 5.91 Å². The van der Waals surface area contributed by atoms with Crippen molar-refractivity contribution in [2.75, 3.05) is 25.1 Å². The number of hydrogen-bond donors (Lipinski definition) is 1. The van der Waals surface area contributed by atoms with Crippen LogP contribution in [0.2, 0.25) is 5.02 Å². The van der Waals surface area contributed by atoms with Crippen LogP contribution in [-0.2, 0) is 11.2 Å². The normalized spacial score (nSPS) is 18.1. The molecule has 0 spiro atoms. The van der Waals surface area contributed by atoms with E-state index in [1.165, 1.54) is 12.1 Å². The summed E-state index contributed by atoms with van der Waals surface area (Å²) >= 11 is 6.21. The first kappa shape index (κ1) is 24.1. The van der Waals surface area contributed by atoms with E-state index in [1.54, 1.807) is 17.0 Å². The van der Waals surface area contributed by atoms with Crippen molar-refractivity contribution in [3.05, 3.63) is 87.7 Å². The molecule has 2 aliphatic heterocycles. The van der Waals surface area contributed by atoms with Crippen LogP contribution in [0.4, 0.5) is 10.1 Å². The Bertz CT molecular complexity index is 1350. The van der Waals surface area contributed by atoms with Crippen LogP contribution in [0, 0.1) is 5.82 Å². The van der Waals surface area contributed by atoms with Gasteiger partial charge < -0.3 is 19.7 Å². The van der Waals surface area contributed by atoms with Crippen molar-refractivity contribution in [3.8, 4) is 11.5 Å². The molecule has 3 aromatic carbocycles. The van der Waals surface area contributed by atoms with Crippen LogP contribution in [0.15, 0.2) is 54.6 Å². The summed E-state index contributed by atoms with van der Waals surface area (Å²) in [5.74, 6) is -0.436. The molecule has 0 fully saturated rings. The zero-order valence-corrected chi connectivity index (χ0v) is 20.8. The molecule has 8 heteroatoms. The third-order valence-electron chi connectivity index (χ3n) is 6.66. The van der Waals surface area contributed by atoms with Crippen molar-refractivity contribution < 1.29 is 23.5 Å². The predicted molar refractivity (Wildman–Crippen MR) is 135 cm³/mol. The molecule has 0 aromatic heterocycles. The number of carbonyl (C=O) groups excluding carboxylic acids is 2. The molecule has 3 aromatic rings. The maximum atomic E-state index is 13.9. The van der Waals surface area contributed by atoms with E-state index in [0.717, 1.165) is 17.2 Å². The van der Waals surface area contributed by atoms with Gasteiger partial charge in [-0.3, -0.25) is 9.59 Å². The molecule has 2 amide bonds. The fraction of sp³-hybridized carbons (Fsp3) is 0.286. The molecule has 6 nitrogen and oxygen atoms in total. The number of carbonyl (C=O) groups is 2. The fourth-order valence-electron chi connectivity index (χ4n) is 5.16. The molecule has 2 atom stereocenters. The smallest absolute Gasteiger partial charge is 0.254 e. The number of ether oxygens (including phenoxy) is 2. The van der Waals surface area contributed by atoms with Crippen molar-refractivity contribution >= 4 is 29.1 Å². The molecule has 186 valence electrons. The summed E-state index contributed by atoms with van der Waals surface area (Å²) in [5.41, 5.74) is 3.30. The summed E-state index contributed by atoms with van der Waals surface area (Å²) < 4.78 is 25.3. The van der Waals surface area contributed by atoms with E-state index in [9.17, 15) is 14.0 Å². The lowest BCUT2D eigenvalue weighted by Crippen LogP contribution is -2.49. The number of halogens is 2. The van der Waals surface area contributed by atoms with E-state index < -0.39 is 17.8 Å². The van der Waals surface area contributed by atoms with Crippen LogP contribution in [-0.4, -0.2) is 36.5 Å². The SMILES string of the molecule is CCOc1cc2c(cc1OCC)[C@@H]1[C@@H](C(=O)Nc3ccc(F)cc3Cl)c3ccccc3C(=O)N1CC2. The molecule has 2 heterocycles. The Labute approximate surface area is 214 Å². The Balaban J connectivity index is 1.64. The van der Waals surface area contributed by atoms with Crippen molar-refractivity contribution in [2.45, 2.75) is 32.2 Å². The van der Waals surface area contributed by atoms with Gasteiger partial charge in [-0.25, -0.2) is 4.39 Å². The second kappa shape index (κ2) is 9.82. The van der Waals surface area contributed by atoms with Crippen molar-refractivity contribution in [1.29, 1.82) is 0 Å². The summed E-state index contributed by atoms with van der Waals surface area (Å²) in [6.07, 6.45) is 0.629. The highest BCUT2D eigenvalue weighted by atomic mass is 35.5. The van der Waals surface area contributed by atoms with Gasteiger partial charge in [-0.2, -0.15) is 0 Å². The molecule has 0 radical (unpaired) electrons. The second-order valence-electron chi connectivity index (χ2n) is 8.74. The van der Waals surface area contributed by atoms with E-state index >= 15 is 0 Å². The van der Waals surface area contributed by atoms with Crippen LogP contribution >= 0.6 is 11.6 Å². The second-order valence-corrected chi connectivity index (χ2v) is 9.14. The van der Waals surface area contributed by atoms with Gasteiger partial charge in [-0.1, -0.05) is 29.8 Å². The molecule has 0 saturated heterocycles. The number of nitrogens with zero attached hydrogens (tertiary/aromatic N) is 1. The number of hydrogen-bond acceptors (Lipinski definition) is 4. The largest absolute Gasteiger partial charge is 0.490 e. The molecule has 36 heavy (non-hydrogen) atoms. The van der Waals surface area contributed by atoms with Crippen molar-refractivity contribution in [1.82, 2.24) is 4.90 Å². The maximum Gasteiger partial charge on any atom is 0.254 e. The number of fused-ring (bicyclic) bond motifs is 4. The van der Waals surface area contributed by atoms with E-state index in [1.807, 2.05) is 38.1 Å². The Morgan fingerprint density at radius 3 is 2.50 bits per heavy atom. The molecule has 2 aliphatic rings. The molecular formula is C28H26ClFN2O4. The molecule has 1 N–H and O–H groups in total. The Morgan fingerprint density at radius 1 is 1.06 bits per heavy atom. The Hall–Kier alpha value is -3.58. The summed E-state index contributed by atoms with van der Waals surface area (Å²) in [5, 5.41) is 2.97. The van der Waals surface area contributed by atoms with E-state index in [0.29, 0.717) is 54.5 Å². The minimum absolute atomic E-state index is 0.101. The van der Waals surface area contributed by atoms with E-state index in [-0.39, 0.29) is 16.8 Å². The molecular weight excluding hydrogens is 483 g/mol. The number of nitrogens with one attached hydrogen (secondary N) is 1. The lowest BCUT2D eigenvalue weighted by atomic mass is 9.75. The Morgan fingerprint density at radius 2 is 1.78 bits per heavy atom. The lowest BCUT2D eigenvalue weighted by Gasteiger charge is -2.45. The summed E-state index contributed by atoms with van der Waals surface area (Å²) in [6, 6.07) is 14.3.